The smallest absolute Gasteiger partial charge is 0.314 e. The van der Waals surface area contributed by atoms with Gasteiger partial charge in [-0.2, -0.15) is 13.2 Å². The summed E-state index contributed by atoms with van der Waals surface area (Å²) in [7, 11) is 0. The molecule has 0 radical (unpaired) electrons. The van der Waals surface area contributed by atoms with Gasteiger partial charge in [0.2, 0.25) is 0 Å². The summed E-state index contributed by atoms with van der Waals surface area (Å²) in [4.78, 5) is 11.3. The number of halogens is 4. The molecule has 0 fully saturated rings. The second-order valence-corrected chi connectivity index (χ2v) is 4.43. The minimum absolute atomic E-state index is 0.435. The Morgan fingerprint density at radius 3 is 2.25 bits per heavy atom. The van der Waals surface area contributed by atoms with Crippen molar-refractivity contribution in [1.82, 2.24) is 4.57 Å². The Morgan fingerprint density at radius 2 is 1.75 bits per heavy atom. The number of hydrogen-bond acceptors (Lipinski definition) is 1. The van der Waals surface area contributed by atoms with Gasteiger partial charge < -0.3 is 4.57 Å². The molecular weight excluding hydrogens is 291 g/mol. The topological polar surface area (TPSA) is 22.0 Å². The highest BCUT2D eigenvalue weighted by molar-refractivity contribution is 6.30. The maximum absolute atomic E-state index is 12.5. The molecule has 2 aromatic rings. The van der Waals surface area contributed by atoms with Gasteiger partial charge in [0.25, 0.3) is 5.78 Å². The molecule has 0 spiro atoms. The number of Topliss-reactive ketones (excluding diaryl/α,β-unsaturated/α-hetero) is 1. The zero-order chi connectivity index (χ0) is 14.9. The minimum atomic E-state index is -4.92. The zero-order valence-electron chi connectivity index (χ0n) is 10.1. The van der Waals surface area contributed by atoms with Gasteiger partial charge in [-0.3, -0.25) is 4.79 Å². The Hall–Kier alpha value is -2.01. The average molecular weight is 300 g/mol. The molecule has 0 saturated carbocycles. The van der Waals surface area contributed by atoms with Crippen molar-refractivity contribution < 1.29 is 18.0 Å². The van der Waals surface area contributed by atoms with Crippen molar-refractivity contribution in [1.29, 1.82) is 0 Å². The molecule has 0 atom stereocenters. The van der Waals surface area contributed by atoms with E-state index in [4.69, 9.17) is 11.6 Å². The second kappa shape index (κ2) is 5.17. The molecule has 2 rings (SSSR count). The number of hydrogen-bond donors (Lipinski definition) is 0. The molecule has 0 N–H and O–H groups in total. The van der Waals surface area contributed by atoms with Crippen LogP contribution in [-0.2, 0) is 0 Å². The summed E-state index contributed by atoms with van der Waals surface area (Å²) in [5, 5.41) is 0.511. The molecule has 1 heterocycles. The normalized spacial score (nSPS) is 11.4. The predicted molar refractivity (Wildman–Crippen MR) is 71.7 cm³/mol. The number of carbonyl (C=O) groups is 1. The Kier molecular flexibility index (Phi) is 3.72. The highest BCUT2D eigenvalue weighted by Crippen LogP contribution is 2.28. The van der Waals surface area contributed by atoms with Crippen molar-refractivity contribution in [2.75, 3.05) is 0 Å². The third kappa shape index (κ3) is 2.63. The summed E-state index contributed by atoms with van der Waals surface area (Å²) in [6.45, 7) is 3.45. The summed E-state index contributed by atoms with van der Waals surface area (Å²) < 4.78 is 38.6. The molecule has 0 aliphatic heterocycles. The molecule has 6 heteroatoms. The van der Waals surface area contributed by atoms with Crippen LogP contribution in [0.25, 0.3) is 17.5 Å². The molecule has 0 aliphatic carbocycles. The van der Waals surface area contributed by atoms with E-state index in [-0.39, 0.29) is 0 Å². The Bertz CT molecular complexity index is 656. The monoisotopic (exact) mass is 299 g/mol. The second-order valence-electron chi connectivity index (χ2n) is 3.99. The minimum Gasteiger partial charge on any atom is -0.314 e. The summed E-state index contributed by atoms with van der Waals surface area (Å²) in [5.74, 6) is -1.90. The van der Waals surface area contributed by atoms with Gasteiger partial charge in [0.15, 0.2) is 0 Å². The van der Waals surface area contributed by atoms with Gasteiger partial charge in [-0.1, -0.05) is 30.3 Å². The summed E-state index contributed by atoms with van der Waals surface area (Å²) in [5.41, 5.74) is 0.595. The first-order valence-corrected chi connectivity index (χ1v) is 5.93. The molecule has 20 heavy (non-hydrogen) atoms. The van der Waals surface area contributed by atoms with Crippen molar-refractivity contribution in [2.24, 2.45) is 0 Å². The summed E-state index contributed by atoms with van der Waals surface area (Å²) in [6, 6.07) is 9.09. The highest BCUT2D eigenvalue weighted by Gasteiger charge is 2.41. The van der Waals surface area contributed by atoms with Gasteiger partial charge in [0, 0.05) is 11.2 Å². The molecule has 2 nitrogen and oxygen atoms in total. The standard InChI is InChI=1S/C14H9ClF3NO/c1-2-19-11(9-3-5-10(15)6-4-9)7-8-12(19)13(20)14(16,17)18/h2-8H,1H2. The molecule has 0 unspecified atom stereocenters. The van der Waals surface area contributed by atoms with E-state index < -0.39 is 17.7 Å². The molecule has 104 valence electrons. The van der Waals surface area contributed by atoms with Crippen LogP contribution in [0.5, 0.6) is 0 Å². The number of benzene rings is 1. The fourth-order valence-electron chi connectivity index (χ4n) is 1.83. The van der Waals surface area contributed by atoms with Crippen molar-refractivity contribution >= 4 is 23.6 Å². The van der Waals surface area contributed by atoms with E-state index in [0.29, 0.717) is 16.3 Å². The quantitative estimate of drug-likeness (QED) is 0.756. The van der Waals surface area contributed by atoms with Gasteiger partial charge >= 0.3 is 6.18 Å². The molecule has 0 amide bonds. The number of ketones is 1. The lowest BCUT2D eigenvalue weighted by Crippen LogP contribution is -2.24. The number of alkyl halides is 3. The molecule has 0 aliphatic rings. The van der Waals surface area contributed by atoms with E-state index in [1.54, 1.807) is 24.3 Å². The SMILES string of the molecule is C=Cn1c(C(=O)C(F)(F)F)ccc1-c1ccc(Cl)cc1. The molecule has 1 aromatic heterocycles. The molecular formula is C14H9ClF3NO. The third-order valence-electron chi connectivity index (χ3n) is 2.73. The van der Waals surface area contributed by atoms with E-state index in [0.717, 1.165) is 10.6 Å². The Balaban J connectivity index is 2.53. The first-order chi connectivity index (χ1) is 9.34. The first-order valence-electron chi connectivity index (χ1n) is 5.56. The predicted octanol–water partition coefficient (Wildman–Crippen LogP) is 4.65. The Labute approximate surface area is 118 Å². The van der Waals surface area contributed by atoms with Crippen molar-refractivity contribution in [3.63, 3.8) is 0 Å². The number of rotatable bonds is 3. The van der Waals surface area contributed by atoms with Crippen LogP contribution in [0.3, 0.4) is 0 Å². The van der Waals surface area contributed by atoms with Crippen LogP contribution in [0.4, 0.5) is 13.2 Å². The third-order valence-corrected chi connectivity index (χ3v) is 2.98. The van der Waals surface area contributed by atoms with Crippen molar-refractivity contribution in [3.8, 4) is 11.3 Å². The van der Waals surface area contributed by atoms with Crippen molar-refractivity contribution in [3.05, 3.63) is 53.7 Å². The van der Waals surface area contributed by atoms with Crippen LogP contribution in [-0.4, -0.2) is 16.5 Å². The van der Waals surface area contributed by atoms with Crippen LogP contribution in [0.15, 0.2) is 43.0 Å². The largest absolute Gasteiger partial charge is 0.456 e. The van der Waals surface area contributed by atoms with E-state index in [9.17, 15) is 18.0 Å². The fourth-order valence-corrected chi connectivity index (χ4v) is 1.96. The van der Waals surface area contributed by atoms with Crippen LogP contribution < -0.4 is 0 Å². The van der Waals surface area contributed by atoms with E-state index in [2.05, 4.69) is 6.58 Å². The van der Waals surface area contributed by atoms with Gasteiger partial charge in [0.05, 0.1) is 11.4 Å². The maximum Gasteiger partial charge on any atom is 0.456 e. The molecule has 0 saturated heterocycles. The van der Waals surface area contributed by atoms with E-state index in [1.807, 2.05) is 0 Å². The summed E-state index contributed by atoms with van der Waals surface area (Å²) >= 11 is 5.76. The lowest BCUT2D eigenvalue weighted by Gasteiger charge is -2.09. The summed E-state index contributed by atoms with van der Waals surface area (Å²) in [6.07, 6.45) is -3.75. The fraction of sp³-hybridized carbons (Fsp3) is 0.0714. The lowest BCUT2D eigenvalue weighted by molar-refractivity contribution is -0.0889. The van der Waals surface area contributed by atoms with Crippen LogP contribution >= 0.6 is 11.6 Å². The number of nitrogens with zero attached hydrogens (tertiary/aromatic N) is 1. The van der Waals surface area contributed by atoms with Gasteiger partial charge in [-0.25, -0.2) is 0 Å². The first kappa shape index (κ1) is 14.4. The van der Waals surface area contributed by atoms with E-state index >= 15 is 0 Å². The average Bonchev–Trinajstić information content (AvgIpc) is 2.81. The van der Waals surface area contributed by atoms with Gasteiger partial charge in [-0.15, -0.1) is 0 Å². The van der Waals surface area contributed by atoms with Gasteiger partial charge in [-0.05, 0) is 29.8 Å². The maximum atomic E-state index is 12.5. The number of aromatic nitrogens is 1. The van der Waals surface area contributed by atoms with E-state index in [1.165, 1.54) is 12.3 Å². The van der Waals surface area contributed by atoms with Crippen LogP contribution in [0.1, 0.15) is 10.5 Å². The van der Waals surface area contributed by atoms with Crippen LogP contribution in [0, 0.1) is 0 Å². The highest BCUT2D eigenvalue weighted by atomic mass is 35.5. The lowest BCUT2D eigenvalue weighted by atomic mass is 10.1. The molecule has 0 bridgehead atoms. The van der Waals surface area contributed by atoms with Crippen molar-refractivity contribution in [2.45, 2.75) is 6.18 Å². The van der Waals surface area contributed by atoms with Crippen LogP contribution in [0.2, 0.25) is 5.02 Å². The molecule has 1 aromatic carbocycles. The number of carbonyl (C=O) groups excluding carboxylic acids is 1. The Morgan fingerprint density at radius 1 is 1.15 bits per heavy atom. The zero-order valence-corrected chi connectivity index (χ0v) is 10.9. The van der Waals surface area contributed by atoms with Gasteiger partial charge in [0.1, 0.15) is 0 Å².